The van der Waals surface area contributed by atoms with E-state index in [4.69, 9.17) is 0 Å². The van der Waals surface area contributed by atoms with E-state index < -0.39 is 0 Å². The van der Waals surface area contributed by atoms with Gasteiger partial charge in [0, 0.05) is 21.4 Å². The van der Waals surface area contributed by atoms with Crippen LogP contribution in [0.25, 0.3) is 22.3 Å². The maximum absolute atomic E-state index is 13.7. The Bertz CT molecular complexity index is 1280. The molecule has 0 unspecified atom stereocenters. The van der Waals surface area contributed by atoms with Crippen molar-refractivity contribution in [1.82, 2.24) is 0 Å². The maximum Gasteiger partial charge on any atom is 0.136 e. The highest BCUT2D eigenvalue weighted by Gasteiger charge is 2.16. The first-order chi connectivity index (χ1) is 15.7. The van der Waals surface area contributed by atoms with Crippen LogP contribution in [0.15, 0.2) is 60.7 Å². The summed E-state index contributed by atoms with van der Waals surface area (Å²) in [6.45, 7) is 0. The van der Waals surface area contributed by atoms with E-state index in [0.29, 0.717) is 7.14 Å². The van der Waals surface area contributed by atoms with Gasteiger partial charge < -0.3 is 0 Å². The lowest BCUT2D eigenvalue weighted by Gasteiger charge is -2.15. The summed E-state index contributed by atoms with van der Waals surface area (Å²) >= 11 is 13.7. The van der Waals surface area contributed by atoms with E-state index in [9.17, 15) is 8.78 Å². The van der Waals surface area contributed by atoms with Gasteiger partial charge in [-0.15, -0.1) is 0 Å². The fourth-order valence-corrected chi connectivity index (χ4v) is 7.46. The molecular weight excluding hydrogens is 1100 g/mol. The topological polar surface area (TPSA) is 0 Å². The average molecular weight is 1110 g/mol. The molecule has 0 saturated carbocycles. The largest absolute Gasteiger partial charge is 0.206 e. The van der Waals surface area contributed by atoms with E-state index in [-0.39, 0.29) is 11.6 Å². The van der Waals surface area contributed by atoms with Crippen LogP contribution in [-0.2, 0) is 6.42 Å². The number of hydrogen-bond donors (Lipinski definition) is 0. The molecule has 4 aromatic carbocycles. The number of hydrogen-bond acceptors (Lipinski definition) is 0. The average Bonchev–Trinajstić information content (AvgIpc) is 2.79. The number of benzene rings is 4. The van der Waals surface area contributed by atoms with Gasteiger partial charge in [0.15, 0.2) is 0 Å². The lowest BCUT2D eigenvalue weighted by Crippen LogP contribution is -2.01. The third-order valence-corrected chi connectivity index (χ3v) is 13.6. The van der Waals surface area contributed by atoms with Crippen LogP contribution in [0.1, 0.15) is 11.1 Å². The van der Waals surface area contributed by atoms with Crippen LogP contribution in [0.3, 0.4) is 0 Å². The van der Waals surface area contributed by atoms with Gasteiger partial charge in [0.2, 0.25) is 0 Å². The third kappa shape index (κ3) is 6.00. The first kappa shape index (κ1) is 27.2. The minimum atomic E-state index is -0.191. The molecule has 0 heterocycles. The Balaban J connectivity index is 1.67. The van der Waals surface area contributed by atoms with Crippen LogP contribution in [0.5, 0.6) is 0 Å². The molecule has 4 aromatic rings. The predicted molar refractivity (Wildman–Crippen MR) is 183 cm³/mol. The summed E-state index contributed by atoms with van der Waals surface area (Å²) in [5.41, 5.74) is 6.81. The van der Waals surface area contributed by atoms with Crippen molar-refractivity contribution < 1.29 is 8.78 Å². The van der Waals surface area contributed by atoms with Crippen molar-refractivity contribution in [3.05, 3.63) is 105 Å². The van der Waals surface area contributed by atoms with Gasteiger partial charge in [-0.2, -0.15) is 0 Å². The monoisotopic (exact) mass is 1110 g/mol. The Kier molecular flexibility index (Phi) is 9.60. The molecular formula is C25H12F2I6. The van der Waals surface area contributed by atoms with E-state index >= 15 is 0 Å². The lowest BCUT2D eigenvalue weighted by molar-refractivity contribution is 0.620. The van der Waals surface area contributed by atoms with Crippen molar-refractivity contribution in [3.8, 4) is 22.3 Å². The van der Waals surface area contributed by atoms with Crippen molar-refractivity contribution in [1.29, 1.82) is 0 Å². The number of rotatable bonds is 4. The van der Waals surface area contributed by atoms with Crippen LogP contribution in [0.2, 0.25) is 0 Å². The molecule has 0 atom stereocenters. The molecule has 0 bridgehead atoms. The van der Waals surface area contributed by atoms with Crippen LogP contribution < -0.4 is 0 Å². The maximum atomic E-state index is 13.7. The minimum absolute atomic E-state index is 0.191. The zero-order valence-electron chi connectivity index (χ0n) is 16.5. The van der Waals surface area contributed by atoms with Crippen LogP contribution in [-0.4, -0.2) is 0 Å². The Morgan fingerprint density at radius 3 is 1.24 bits per heavy atom. The van der Waals surface area contributed by atoms with Crippen molar-refractivity contribution in [2.45, 2.75) is 6.42 Å². The summed E-state index contributed by atoms with van der Waals surface area (Å²) in [6, 6.07) is 19.1. The van der Waals surface area contributed by atoms with E-state index in [0.717, 1.165) is 28.7 Å². The van der Waals surface area contributed by atoms with Crippen LogP contribution >= 0.6 is 136 Å². The molecule has 0 spiro atoms. The molecule has 0 aliphatic rings. The summed E-state index contributed by atoms with van der Waals surface area (Å²) in [5, 5.41) is 0. The molecule has 0 radical (unpaired) electrons. The molecule has 0 aliphatic heterocycles. The normalized spacial score (nSPS) is 11.2. The Labute approximate surface area is 273 Å². The minimum Gasteiger partial charge on any atom is -0.206 e. The summed E-state index contributed by atoms with van der Waals surface area (Å²) in [6.07, 6.45) is 0.824. The van der Waals surface area contributed by atoms with Gasteiger partial charge in [-0.3, -0.25) is 0 Å². The van der Waals surface area contributed by atoms with Gasteiger partial charge in [-0.1, -0.05) is 36.4 Å². The van der Waals surface area contributed by atoms with Gasteiger partial charge in [-0.25, -0.2) is 8.78 Å². The third-order valence-electron chi connectivity index (χ3n) is 5.17. The first-order valence-electron chi connectivity index (χ1n) is 9.52. The molecule has 0 amide bonds. The molecule has 0 saturated heterocycles. The SMILES string of the molecule is Fc1ccc(-c2ccc(Cc3ccc(-c4ccc(F)c(I)c4)c(I)c3I)c(I)c2I)cc1I. The van der Waals surface area contributed by atoms with Gasteiger partial charge in [-0.05, 0) is 200 Å². The molecule has 0 aliphatic carbocycles. The molecule has 33 heavy (non-hydrogen) atoms. The molecule has 0 nitrogen and oxygen atoms in total. The van der Waals surface area contributed by atoms with E-state index in [1.807, 2.05) is 69.4 Å². The van der Waals surface area contributed by atoms with Gasteiger partial charge in [0.1, 0.15) is 11.6 Å². The second-order valence-electron chi connectivity index (χ2n) is 7.23. The second kappa shape index (κ2) is 11.7. The predicted octanol–water partition coefficient (Wildman–Crippen LogP) is 10.5. The summed E-state index contributed by atoms with van der Waals surface area (Å²) in [4.78, 5) is 0. The van der Waals surface area contributed by atoms with Crippen LogP contribution in [0.4, 0.5) is 8.78 Å². The molecule has 0 fully saturated rings. The summed E-state index contributed by atoms with van der Waals surface area (Å²) < 4.78 is 33.5. The van der Waals surface area contributed by atoms with Gasteiger partial charge >= 0.3 is 0 Å². The zero-order valence-corrected chi connectivity index (χ0v) is 29.4. The Morgan fingerprint density at radius 1 is 0.485 bits per heavy atom. The standard InChI is InChI=1S/C25H12F2I6/c26-18-7-3-12(10-20(18)28)16-5-1-14(22(30)24(16)32)9-15-2-6-17(25(33)23(15)31)13-4-8-19(27)21(29)11-13/h1-8,10-11H,9H2. The molecule has 168 valence electrons. The van der Waals surface area contributed by atoms with E-state index in [1.165, 1.54) is 37.5 Å². The van der Waals surface area contributed by atoms with Crippen molar-refractivity contribution in [2.24, 2.45) is 0 Å². The smallest absolute Gasteiger partial charge is 0.136 e. The van der Waals surface area contributed by atoms with Crippen molar-refractivity contribution in [2.75, 3.05) is 0 Å². The molecule has 0 N–H and O–H groups in total. The van der Waals surface area contributed by atoms with E-state index in [1.54, 1.807) is 0 Å². The highest BCUT2D eigenvalue weighted by Crippen LogP contribution is 2.36. The highest BCUT2D eigenvalue weighted by atomic mass is 127. The second-order valence-corrected chi connectivity index (χ2v) is 13.9. The number of halogens is 8. The molecule has 0 aromatic heterocycles. The molecule has 4 rings (SSSR count). The molecule has 8 heteroatoms. The van der Waals surface area contributed by atoms with E-state index in [2.05, 4.69) is 115 Å². The zero-order chi connectivity index (χ0) is 23.9. The van der Waals surface area contributed by atoms with Crippen molar-refractivity contribution in [3.63, 3.8) is 0 Å². The quantitative estimate of drug-likeness (QED) is 0.179. The van der Waals surface area contributed by atoms with Crippen LogP contribution in [0, 0.1) is 33.1 Å². The fourth-order valence-electron chi connectivity index (χ4n) is 3.43. The first-order valence-corrected chi connectivity index (χ1v) is 16.0. The Morgan fingerprint density at radius 2 is 0.879 bits per heavy atom. The lowest BCUT2D eigenvalue weighted by atomic mass is 9.98. The summed E-state index contributed by atoms with van der Waals surface area (Å²) in [7, 11) is 0. The summed E-state index contributed by atoms with van der Waals surface area (Å²) in [5.74, 6) is -0.382. The highest BCUT2D eigenvalue weighted by molar-refractivity contribution is 14.1. The van der Waals surface area contributed by atoms with Gasteiger partial charge in [0.05, 0.1) is 0 Å². The Hall–Kier alpha value is 1.12. The van der Waals surface area contributed by atoms with Crippen molar-refractivity contribution >= 4 is 136 Å². The fraction of sp³-hybridized carbons (Fsp3) is 0.0400. The van der Waals surface area contributed by atoms with Gasteiger partial charge in [0.25, 0.3) is 0 Å².